The summed E-state index contributed by atoms with van der Waals surface area (Å²) in [5.74, 6) is -0.498. The standard InChI is InChI=1S/C21H23ClFN3O2S2/c1-2-15(8-9-16-6-4-3-5-7-16)14-25-19-13-18(23)20(12-17(19)22)30(27,28)26-21-24-10-11-29-21/h3-7,10-13,15,25H,2,8-9,14H2,1H3,(H,24,26)/t15-/m0/s1. The summed E-state index contributed by atoms with van der Waals surface area (Å²) in [6.07, 6.45) is 4.37. The molecule has 0 aliphatic heterocycles. The summed E-state index contributed by atoms with van der Waals surface area (Å²) < 4.78 is 41.8. The number of aromatic nitrogens is 1. The summed E-state index contributed by atoms with van der Waals surface area (Å²) in [5, 5.41) is 5.10. The zero-order valence-electron chi connectivity index (χ0n) is 16.4. The van der Waals surface area contributed by atoms with Crippen LogP contribution in [0.3, 0.4) is 0 Å². The molecule has 0 unspecified atom stereocenters. The molecule has 1 heterocycles. The summed E-state index contributed by atoms with van der Waals surface area (Å²) in [4.78, 5) is 3.34. The van der Waals surface area contributed by atoms with E-state index in [0.29, 0.717) is 18.2 Å². The Labute approximate surface area is 185 Å². The molecule has 2 N–H and O–H groups in total. The molecule has 2 aromatic carbocycles. The van der Waals surface area contributed by atoms with E-state index >= 15 is 0 Å². The monoisotopic (exact) mass is 467 g/mol. The second kappa shape index (κ2) is 10.2. The maximum absolute atomic E-state index is 14.6. The normalized spacial score (nSPS) is 12.5. The van der Waals surface area contributed by atoms with Crippen molar-refractivity contribution in [3.63, 3.8) is 0 Å². The van der Waals surface area contributed by atoms with Crippen LogP contribution in [0.1, 0.15) is 25.3 Å². The van der Waals surface area contributed by atoms with Crippen molar-refractivity contribution in [2.75, 3.05) is 16.6 Å². The fourth-order valence-electron chi connectivity index (χ4n) is 3.03. The highest BCUT2D eigenvalue weighted by Gasteiger charge is 2.22. The molecule has 0 radical (unpaired) electrons. The first-order chi connectivity index (χ1) is 14.4. The van der Waals surface area contributed by atoms with E-state index in [9.17, 15) is 12.8 Å². The highest BCUT2D eigenvalue weighted by Crippen LogP contribution is 2.30. The molecule has 9 heteroatoms. The highest BCUT2D eigenvalue weighted by molar-refractivity contribution is 7.93. The van der Waals surface area contributed by atoms with E-state index in [4.69, 9.17) is 11.6 Å². The third kappa shape index (κ3) is 5.93. The Balaban J connectivity index is 1.65. The van der Waals surface area contributed by atoms with Gasteiger partial charge in [-0.25, -0.2) is 17.8 Å². The molecule has 0 spiro atoms. The van der Waals surface area contributed by atoms with Crippen molar-refractivity contribution in [2.24, 2.45) is 5.92 Å². The molecule has 3 aromatic rings. The van der Waals surface area contributed by atoms with Crippen LogP contribution in [0, 0.1) is 11.7 Å². The third-order valence-corrected chi connectivity index (χ3v) is 7.29. The molecule has 30 heavy (non-hydrogen) atoms. The molecule has 1 aromatic heterocycles. The summed E-state index contributed by atoms with van der Waals surface area (Å²) in [6.45, 7) is 2.73. The number of halogens is 2. The molecule has 1 atom stereocenters. The molecule has 160 valence electrons. The first-order valence-electron chi connectivity index (χ1n) is 9.58. The van der Waals surface area contributed by atoms with Gasteiger partial charge in [0.15, 0.2) is 5.13 Å². The van der Waals surface area contributed by atoms with Crippen LogP contribution < -0.4 is 10.0 Å². The van der Waals surface area contributed by atoms with Crippen molar-refractivity contribution in [1.82, 2.24) is 4.98 Å². The van der Waals surface area contributed by atoms with Crippen LogP contribution >= 0.6 is 22.9 Å². The minimum absolute atomic E-state index is 0.147. The number of aryl methyl sites for hydroxylation is 1. The maximum atomic E-state index is 14.6. The lowest BCUT2D eigenvalue weighted by Gasteiger charge is -2.18. The van der Waals surface area contributed by atoms with Crippen LogP contribution in [-0.2, 0) is 16.4 Å². The number of rotatable bonds is 10. The fraction of sp³-hybridized carbons (Fsp3) is 0.286. The molecule has 0 aliphatic carbocycles. The summed E-state index contributed by atoms with van der Waals surface area (Å²) in [6, 6.07) is 12.5. The van der Waals surface area contributed by atoms with Gasteiger partial charge in [-0.15, -0.1) is 11.3 Å². The van der Waals surface area contributed by atoms with Gasteiger partial charge in [-0.3, -0.25) is 4.72 Å². The van der Waals surface area contributed by atoms with E-state index in [1.807, 2.05) is 18.2 Å². The van der Waals surface area contributed by atoms with Gasteiger partial charge in [0.05, 0.1) is 10.7 Å². The van der Waals surface area contributed by atoms with E-state index in [1.165, 1.54) is 11.8 Å². The Morgan fingerprint density at radius 3 is 2.67 bits per heavy atom. The molecule has 0 saturated carbocycles. The largest absolute Gasteiger partial charge is 0.383 e. The van der Waals surface area contributed by atoms with Crippen molar-refractivity contribution in [1.29, 1.82) is 0 Å². The Morgan fingerprint density at radius 1 is 1.23 bits per heavy atom. The lowest BCUT2D eigenvalue weighted by atomic mass is 9.97. The van der Waals surface area contributed by atoms with Gasteiger partial charge in [-0.2, -0.15) is 0 Å². The van der Waals surface area contributed by atoms with Gasteiger partial charge in [0.2, 0.25) is 0 Å². The second-order valence-electron chi connectivity index (χ2n) is 6.88. The zero-order chi connectivity index (χ0) is 21.6. The number of sulfonamides is 1. The van der Waals surface area contributed by atoms with Gasteiger partial charge >= 0.3 is 0 Å². The van der Waals surface area contributed by atoms with E-state index in [1.54, 1.807) is 5.38 Å². The number of hydrogen-bond acceptors (Lipinski definition) is 5. The Hall–Kier alpha value is -2.16. The first-order valence-corrected chi connectivity index (χ1v) is 12.3. The summed E-state index contributed by atoms with van der Waals surface area (Å²) in [5.41, 5.74) is 1.66. The van der Waals surface area contributed by atoms with Gasteiger partial charge in [0.1, 0.15) is 10.7 Å². The maximum Gasteiger partial charge on any atom is 0.266 e. The lowest BCUT2D eigenvalue weighted by molar-refractivity contribution is 0.494. The first kappa shape index (κ1) is 22.5. The Kier molecular flexibility index (Phi) is 7.69. The van der Waals surface area contributed by atoms with Gasteiger partial charge in [0.25, 0.3) is 10.0 Å². The van der Waals surface area contributed by atoms with Crippen LogP contribution in [-0.4, -0.2) is 19.9 Å². The van der Waals surface area contributed by atoms with Crippen LogP contribution in [0.4, 0.5) is 15.2 Å². The summed E-state index contributed by atoms with van der Waals surface area (Å²) in [7, 11) is -4.12. The second-order valence-corrected chi connectivity index (χ2v) is 9.84. The molecule has 0 fully saturated rings. The van der Waals surface area contributed by atoms with Crippen LogP contribution in [0.25, 0.3) is 0 Å². The SMILES string of the molecule is CC[C@@H](CCc1ccccc1)CNc1cc(F)c(S(=O)(=O)Nc2nccs2)cc1Cl. The predicted molar refractivity (Wildman–Crippen MR) is 121 cm³/mol. The molecule has 0 aliphatic rings. The number of nitrogens with zero attached hydrogens (tertiary/aromatic N) is 1. The Bertz CT molecular complexity index is 1060. The smallest absolute Gasteiger partial charge is 0.266 e. The van der Waals surface area contributed by atoms with Crippen LogP contribution in [0.2, 0.25) is 5.02 Å². The average molecular weight is 468 g/mol. The van der Waals surface area contributed by atoms with Crippen LogP contribution in [0.15, 0.2) is 58.9 Å². The van der Waals surface area contributed by atoms with Gasteiger partial charge in [0, 0.05) is 18.1 Å². The minimum Gasteiger partial charge on any atom is -0.383 e. The topological polar surface area (TPSA) is 71.1 Å². The fourth-order valence-corrected chi connectivity index (χ4v) is 5.20. The minimum atomic E-state index is -4.12. The number of hydrogen-bond donors (Lipinski definition) is 2. The van der Waals surface area contributed by atoms with Crippen LogP contribution in [0.5, 0.6) is 0 Å². The quantitative estimate of drug-likeness (QED) is 0.395. The molecular weight excluding hydrogens is 445 g/mol. The number of anilines is 2. The van der Waals surface area contributed by atoms with Crippen molar-refractivity contribution < 1.29 is 12.8 Å². The number of benzene rings is 2. The van der Waals surface area contributed by atoms with E-state index < -0.39 is 20.7 Å². The van der Waals surface area contributed by atoms with Crippen molar-refractivity contribution in [2.45, 2.75) is 31.1 Å². The highest BCUT2D eigenvalue weighted by atomic mass is 35.5. The van der Waals surface area contributed by atoms with E-state index in [0.717, 1.165) is 42.7 Å². The average Bonchev–Trinajstić information content (AvgIpc) is 3.23. The lowest BCUT2D eigenvalue weighted by Crippen LogP contribution is -2.17. The Morgan fingerprint density at radius 2 is 2.00 bits per heavy atom. The summed E-state index contributed by atoms with van der Waals surface area (Å²) >= 11 is 7.36. The third-order valence-electron chi connectivity index (χ3n) is 4.81. The number of nitrogens with one attached hydrogen (secondary N) is 2. The molecule has 5 nitrogen and oxygen atoms in total. The molecular formula is C21H23ClFN3O2S2. The van der Waals surface area contributed by atoms with Crippen molar-refractivity contribution in [3.05, 3.63) is 70.4 Å². The molecule has 3 rings (SSSR count). The molecule has 0 saturated heterocycles. The number of thiazole rings is 1. The molecule has 0 amide bonds. The van der Waals surface area contributed by atoms with Gasteiger partial charge in [-0.1, -0.05) is 55.3 Å². The van der Waals surface area contributed by atoms with Gasteiger partial charge < -0.3 is 5.32 Å². The zero-order valence-corrected chi connectivity index (χ0v) is 18.8. The van der Waals surface area contributed by atoms with Crippen molar-refractivity contribution >= 4 is 43.8 Å². The molecule has 0 bridgehead atoms. The van der Waals surface area contributed by atoms with Gasteiger partial charge in [-0.05, 0) is 36.5 Å². The van der Waals surface area contributed by atoms with E-state index in [-0.39, 0.29) is 10.2 Å². The van der Waals surface area contributed by atoms with E-state index in [2.05, 4.69) is 34.1 Å². The predicted octanol–water partition coefficient (Wildman–Crippen LogP) is 5.81. The van der Waals surface area contributed by atoms with Crippen molar-refractivity contribution in [3.8, 4) is 0 Å².